The zero-order chi connectivity index (χ0) is 14.0. The molecule has 0 aliphatic carbocycles. The molecular formula is C13H23NO4. The van der Waals surface area contributed by atoms with Crippen molar-refractivity contribution in [2.75, 3.05) is 13.1 Å². The second kappa shape index (κ2) is 5.26. The summed E-state index contributed by atoms with van der Waals surface area (Å²) in [5.74, 6) is -1.08. The number of carboxylic acid groups (broad SMARTS) is 1. The maximum absolute atomic E-state index is 12.0. The lowest BCUT2D eigenvalue weighted by Crippen LogP contribution is -2.63. The van der Waals surface area contributed by atoms with Gasteiger partial charge in [0.25, 0.3) is 0 Å². The molecule has 18 heavy (non-hydrogen) atoms. The summed E-state index contributed by atoms with van der Waals surface area (Å²) in [6.07, 6.45) is 1.52. The maximum atomic E-state index is 12.0. The lowest BCUT2D eigenvalue weighted by atomic mass is 9.78. The number of carbonyl (C=O) groups excluding carboxylic acids is 1. The zero-order valence-electron chi connectivity index (χ0n) is 11.4. The molecular weight excluding hydrogens is 234 g/mol. The highest BCUT2D eigenvalue weighted by Gasteiger charge is 2.45. The Morgan fingerprint density at radius 1 is 1.22 bits per heavy atom. The van der Waals surface area contributed by atoms with Crippen LogP contribution in [0.2, 0.25) is 0 Å². The molecule has 0 radical (unpaired) electrons. The molecule has 0 saturated carbocycles. The Morgan fingerprint density at radius 3 is 2.06 bits per heavy atom. The third-order valence-corrected chi connectivity index (χ3v) is 4.28. The molecule has 1 fully saturated rings. The zero-order valence-corrected chi connectivity index (χ0v) is 11.4. The second-order valence-corrected chi connectivity index (χ2v) is 5.30. The van der Waals surface area contributed by atoms with E-state index in [0.717, 1.165) is 0 Å². The topological polar surface area (TPSA) is 77.8 Å². The first-order chi connectivity index (χ1) is 8.32. The number of hydrogen-bond acceptors (Lipinski definition) is 3. The van der Waals surface area contributed by atoms with Gasteiger partial charge in [0, 0.05) is 6.42 Å². The van der Waals surface area contributed by atoms with Crippen LogP contribution < -0.4 is 0 Å². The maximum Gasteiger partial charge on any atom is 0.310 e. The van der Waals surface area contributed by atoms with Crippen molar-refractivity contribution in [2.45, 2.75) is 52.1 Å². The fraction of sp³-hybridized carbons (Fsp3) is 0.846. The second-order valence-electron chi connectivity index (χ2n) is 5.30. The van der Waals surface area contributed by atoms with Gasteiger partial charge in [-0.25, -0.2) is 0 Å². The molecule has 0 aromatic heterocycles. The molecule has 0 bridgehead atoms. The summed E-state index contributed by atoms with van der Waals surface area (Å²) < 4.78 is 0. The fourth-order valence-electron chi connectivity index (χ4n) is 2.34. The van der Waals surface area contributed by atoms with Gasteiger partial charge in [-0.3, -0.25) is 9.59 Å². The number of aliphatic hydroxyl groups is 1. The smallest absolute Gasteiger partial charge is 0.310 e. The van der Waals surface area contributed by atoms with Gasteiger partial charge in [0.1, 0.15) is 0 Å². The normalized spacial score (nSPS) is 18.3. The van der Waals surface area contributed by atoms with Crippen LogP contribution in [0.3, 0.4) is 0 Å². The van der Waals surface area contributed by atoms with Crippen LogP contribution in [0.15, 0.2) is 0 Å². The van der Waals surface area contributed by atoms with Crippen molar-refractivity contribution < 1.29 is 19.8 Å². The standard InChI is InChI=1S/C13H23NO4/c1-4-12(5-2,11(16)17)7-10(15)14-8-13(18,6-3)9-14/h18H,4-9H2,1-3H3,(H,16,17). The highest BCUT2D eigenvalue weighted by atomic mass is 16.4. The summed E-state index contributed by atoms with van der Waals surface area (Å²) in [5, 5.41) is 19.1. The number of rotatable bonds is 6. The molecule has 1 rings (SSSR count). The lowest BCUT2D eigenvalue weighted by Gasteiger charge is -2.47. The molecule has 2 N–H and O–H groups in total. The number of aliphatic carboxylic acids is 1. The highest BCUT2D eigenvalue weighted by Crippen LogP contribution is 2.34. The number of hydrogen-bond donors (Lipinski definition) is 2. The van der Waals surface area contributed by atoms with Crippen molar-refractivity contribution in [3.63, 3.8) is 0 Å². The average molecular weight is 257 g/mol. The Hall–Kier alpha value is -1.10. The molecule has 1 saturated heterocycles. The third-order valence-electron chi connectivity index (χ3n) is 4.28. The molecule has 1 aliphatic rings. The van der Waals surface area contributed by atoms with Crippen LogP contribution in [0, 0.1) is 5.41 Å². The molecule has 5 nitrogen and oxygen atoms in total. The highest BCUT2D eigenvalue weighted by molar-refractivity contribution is 5.85. The van der Waals surface area contributed by atoms with E-state index < -0.39 is 17.0 Å². The van der Waals surface area contributed by atoms with Gasteiger partial charge < -0.3 is 15.1 Å². The van der Waals surface area contributed by atoms with E-state index in [2.05, 4.69) is 0 Å². The van der Waals surface area contributed by atoms with Crippen molar-refractivity contribution in [1.82, 2.24) is 4.90 Å². The number of likely N-dealkylation sites (tertiary alicyclic amines) is 1. The molecule has 0 spiro atoms. The van der Waals surface area contributed by atoms with Crippen LogP contribution in [-0.4, -0.2) is 45.7 Å². The number of β-amino-alcohol motifs (C(OH)–C–C–N with tert-alkyl or cyclic N) is 1. The van der Waals surface area contributed by atoms with Crippen LogP contribution in [0.4, 0.5) is 0 Å². The van der Waals surface area contributed by atoms with Gasteiger partial charge in [-0.2, -0.15) is 0 Å². The predicted octanol–water partition coefficient (Wildman–Crippen LogP) is 1.25. The number of carbonyl (C=O) groups is 2. The largest absolute Gasteiger partial charge is 0.481 e. The van der Waals surface area contributed by atoms with E-state index >= 15 is 0 Å². The van der Waals surface area contributed by atoms with Gasteiger partial charge in [-0.15, -0.1) is 0 Å². The Balaban J connectivity index is 2.62. The monoisotopic (exact) mass is 257 g/mol. The Morgan fingerprint density at radius 2 is 1.72 bits per heavy atom. The first-order valence-electron chi connectivity index (χ1n) is 6.56. The van der Waals surface area contributed by atoms with E-state index in [9.17, 15) is 19.8 Å². The van der Waals surface area contributed by atoms with Gasteiger partial charge >= 0.3 is 5.97 Å². The van der Waals surface area contributed by atoms with Crippen LogP contribution >= 0.6 is 0 Å². The summed E-state index contributed by atoms with van der Waals surface area (Å²) in [6.45, 7) is 6.12. The van der Waals surface area contributed by atoms with E-state index in [0.29, 0.717) is 32.4 Å². The average Bonchev–Trinajstić information content (AvgIpc) is 2.31. The summed E-state index contributed by atoms with van der Waals surface area (Å²) in [5.41, 5.74) is -1.73. The van der Waals surface area contributed by atoms with Crippen LogP contribution in [0.5, 0.6) is 0 Å². The van der Waals surface area contributed by atoms with Gasteiger partial charge in [0.2, 0.25) is 5.91 Å². The fourth-order valence-corrected chi connectivity index (χ4v) is 2.34. The molecule has 5 heteroatoms. The van der Waals surface area contributed by atoms with Crippen molar-refractivity contribution >= 4 is 11.9 Å². The van der Waals surface area contributed by atoms with Crippen LogP contribution in [0.1, 0.15) is 46.5 Å². The van der Waals surface area contributed by atoms with E-state index in [4.69, 9.17) is 0 Å². The summed E-state index contributed by atoms with van der Waals surface area (Å²) in [4.78, 5) is 24.9. The van der Waals surface area contributed by atoms with E-state index in [1.807, 2.05) is 6.92 Å². The Labute approximate surface area is 108 Å². The number of carboxylic acids is 1. The van der Waals surface area contributed by atoms with Gasteiger partial charge in [-0.1, -0.05) is 20.8 Å². The summed E-state index contributed by atoms with van der Waals surface area (Å²) in [6, 6.07) is 0. The van der Waals surface area contributed by atoms with Crippen LogP contribution in [-0.2, 0) is 9.59 Å². The molecule has 0 aromatic carbocycles. The molecule has 0 aromatic rings. The molecule has 104 valence electrons. The first-order valence-corrected chi connectivity index (χ1v) is 6.56. The van der Waals surface area contributed by atoms with Crippen molar-refractivity contribution in [2.24, 2.45) is 5.41 Å². The summed E-state index contributed by atoms with van der Waals surface area (Å²) in [7, 11) is 0. The van der Waals surface area contributed by atoms with Gasteiger partial charge in [0.15, 0.2) is 0 Å². The van der Waals surface area contributed by atoms with Crippen molar-refractivity contribution in [1.29, 1.82) is 0 Å². The molecule has 1 amide bonds. The minimum Gasteiger partial charge on any atom is -0.481 e. The molecule has 0 unspecified atom stereocenters. The van der Waals surface area contributed by atoms with E-state index in [1.54, 1.807) is 18.7 Å². The minimum absolute atomic E-state index is 0.0229. The van der Waals surface area contributed by atoms with E-state index in [1.165, 1.54) is 0 Å². The quantitative estimate of drug-likeness (QED) is 0.750. The van der Waals surface area contributed by atoms with Crippen molar-refractivity contribution in [3.8, 4) is 0 Å². The van der Waals surface area contributed by atoms with Crippen molar-refractivity contribution in [3.05, 3.63) is 0 Å². The molecule has 1 aliphatic heterocycles. The first kappa shape index (κ1) is 15.0. The number of amides is 1. The Kier molecular flexibility index (Phi) is 4.37. The third kappa shape index (κ3) is 2.66. The molecule has 1 heterocycles. The SMILES string of the molecule is CCC1(O)CN(C(=O)CC(CC)(CC)C(=O)O)C1. The Bertz CT molecular complexity index is 330. The van der Waals surface area contributed by atoms with Crippen LogP contribution in [0.25, 0.3) is 0 Å². The van der Waals surface area contributed by atoms with Gasteiger partial charge in [-0.05, 0) is 19.3 Å². The lowest BCUT2D eigenvalue weighted by molar-refractivity contribution is -0.164. The minimum atomic E-state index is -0.961. The van der Waals surface area contributed by atoms with E-state index in [-0.39, 0.29) is 12.3 Å². The molecule has 0 atom stereocenters. The summed E-state index contributed by atoms with van der Waals surface area (Å²) >= 11 is 0. The predicted molar refractivity (Wildman–Crippen MR) is 67.1 cm³/mol. The van der Waals surface area contributed by atoms with Gasteiger partial charge in [0.05, 0.1) is 24.1 Å². The number of nitrogens with zero attached hydrogens (tertiary/aromatic N) is 1.